The van der Waals surface area contributed by atoms with E-state index in [1.807, 2.05) is 0 Å². The molecule has 0 radical (unpaired) electrons. The lowest BCUT2D eigenvalue weighted by atomic mass is 9.78. The zero-order valence-electron chi connectivity index (χ0n) is 16.4. The molecule has 2 aliphatic rings. The number of hydrogen-bond donors (Lipinski definition) is 4. The first-order valence-corrected chi connectivity index (χ1v) is 8.93. The van der Waals surface area contributed by atoms with Crippen LogP contribution in [-0.4, -0.2) is 57.5 Å². The first kappa shape index (κ1) is 22.7. The van der Waals surface area contributed by atoms with Crippen LogP contribution in [0, 0.1) is 10.8 Å². The van der Waals surface area contributed by atoms with Gasteiger partial charge in [0, 0.05) is 12.8 Å². The van der Waals surface area contributed by atoms with Crippen molar-refractivity contribution in [2.45, 2.75) is 26.7 Å². The van der Waals surface area contributed by atoms with Gasteiger partial charge in [0.15, 0.2) is 10.8 Å². The monoisotopic (exact) mass is 422 g/mol. The second kappa shape index (κ2) is 8.44. The Kier molecular flexibility index (Phi) is 6.39. The van der Waals surface area contributed by atoms with Crippen LogP contribution in [0.25, 0.3) is 0 Å². The highest BCUT2D eigenvalue weighted by Gasteiger charge is 2.47. The zero-order valence-corrected chi connectivity index (χ0v) is 16.4. The van der Waals surface area contributed by atoms with Crippen LogP contribution >= 0.6 is 0 Å². The van der Waals surface area contributed by atoms with E-state index in [0.29, 0.717) is 22.7 Å². The van der Waals surface area contributed by atoms with Crippen molar-refractivity contribution in [3.63, 3.8) is 0 Å². The Balaban J connectivity index is 1.95. The summed E-state index contributed by atoms with van der Waals surface area (Å²) >= 11 is 0. The summed E-state index contributed by atoms with van der Waals surface area (Å²) in [7, 11) is 0. The van der Waals surface area contributed by atoms with E-state index in [1.54, 1.807) is 13.8 Å². The summed E-state index contributed by atoms with van der Waals surface area (Å²) in [5.74, 6) is -5.15. The van der Waals surface area contributed by atoms with Gasteiger partial charge in [0.25, 0.3) is 0 Å². The van der Waals surface area contributed by atoms with Crippen LogP contribution in [0.1, 0.15) is 26.7 Å². The van der Waals surface area contributed by atoms with E-state index in [9.17, 15) is 39.6 Å². The molecular formula is C20H22O10. The molecule has 30 heavy (non-hydrogen) atoms. The fourth-order valence-electron chi connectivity index (χ4n) is 3.27. The van der Waals surface area contributed by atoms with Gasteiger partial charge in [-0.2, -0.15) is 0 Å². The molecule has 0 spiro atoms. The predicted octanol–water partition coefficient (Wildman–Crippen LogP) is 1.80. The van der Waals surface area contributed by atoms with E-state index in [0.717, 1.165) is 12.2 Å². The van der Waals surface area contributed by atoms with Crippen molar-refractivity contribution >= 4 is 23.9 Å². The summed E-state index contributed by atoms with van der Waals surface area (Å²) < 4.78 is 11.1. The molecule has 0 atom stereocenters. The Bertz CT molecular complexity index is 801. The number of allylic oxidation sites excluding steroid dienone is 4. The molecule has 0 fully saturated rings. The van der Waals surface area contributed by atoms with Crippen LogP contribution in [-0.2, 0) is 28.7 Å². The molecule has 0 saturated heterocycles. The maximum Gasteiger partial charge on any atom is 0.325 e. The molecule has 0 bridgehead atoms. The third-order valence-corrected chi connectivity index (χ3v) is 5.09. The minimum absolute atomic E-state index is 0.0534. The number of rotatable bonds is 9. The van der Waals surface area contributed by atoms with Gasteiger partial charge in [0.05, 0.1) is 0 Å². The highest BCUT2D eigenvalue weighted by Crippen LogP contribution is 2.36. The number of aliphatic carboxylic acids is 4. The number of carboxylic acid groups (broad SMARTS) is 4. The van der Waals surface area contributed by atoms with Crippen LogP contribution in [0.3, 0.4) is 0 Å². The summed E-state index contributed by atoms with van der Waals surface area (Å²) in [6.45, 7) is 3.26. The highest BCUT2D eigenvalue weighted by atomic mass is 16.5. The summed E-state index contributed by atoms with van der Waals surface area (Å²) in [6, 6.07) is 0. The van der Waals surface area contributed by atoms with Gasteiger partial charge in [-0.3, -0.25) is 19.2 Å². The van der Waals surface area contributed by atoms with Crippen molar-refractivity contribution in [3.05, 3.63) is 47.0 Å². The average molecular weight is 422 g/mol. The smallest absolute Gasteiger partial charge is 0.325 e. The fraction of sp³-hybridized carbons (Fsp3) is 0.400. The third-order valence-electron chi connectivity index (χ3n) is 5.09. The number of hydrogen-bond acceptors (Lipinski definition) is 6. The minimum atomic E-state index is -2.02. The Morgan fingerprint density at radius 1 is 0.733 bits per heavy atom. The first-order chi connectivity index (χ1) is 14.0. The first-order valence-electron chi connectivity index (χ1n) is 8.93. The maximum absolute atomic E-state index is 11.4. The second-order valence-corrected chi connectivity index (χ2v) is 7.17. The molecule has 0 amide bonds. The molecule has 0 aromatic heterocycles. The molecule has 10 nitrogen and oxygen atoms in total. The van der Waals surface area contributed by atoms with Gasteiger partial charge in [-0.25, -0.2) is 0 Å². The highest BCUT2D eigenvalue weighted by molar-refractivity contribution is 6.02. The van der Waals surface area contributed by atoms with Crippen molar-refractivity contribution < 1.29 is 49.1 Å². The zero-order chi connectivity index (χ0) is 22.7. The number of carbonyl (C=O) groups is 4. The SMILES string of the molecule is CC1=C(OCCOC2=C(C)CC(C(=O)O)(C(=O)O)C=C2)C=CC(C(=O)O)(C(=O)O)C1. The van der Waals surface area contributed by atoms with Gasteiger partial charge in [0.2, 0.25) is 0 Å². The summed E-state index contributed by atoms with van der Waals surface area (Å²) in [6.07, 6.45) is 4.30. The second-order valence-electron chi connectivity index (χ2n) is 7.17. The molecule has 2 rings (SSSR count). The molecule has 0 saturated carbocycles. The molecule has 0 unspecified atom stereocenters. The summed E-state index contributed by atoms with van der Waals surface area (Å²) in [5, 5.41) is 37.0. The largest absolute Gasteiger partial charge is 0.490 e. The quantitative estimate of drug-likeness (QED) is 0.317. The Labute approximate surface area is 171 Å². The van der Waals surface area contributed by atoms with Gasteiger partial charge in [0.1, 0.15) is 24.7 Å². The van der Waals surface area contributed by atoms with E-state index in [4.69, 9.17) is 9.47 Å². The molecule has 2 aliphatic carbocycles. The number of carboxylic acids is 4. The van der Waals surface area contributed by atoms with Gasteiger partial charge >= 0.3 is 23.9 Å². The lowest BCUT2D eigenvalue weighted by Gasteiger charge is -2.27. The van der Waals surface area contributed by atoms with Crippen LogP contribution < -0.4 is 0 Å². The van der Waals surface area contributed by atoms with Crippen molar-refractivity contribution in [2.24, 2.45) is 10.8 Å². The van der Waals surface area contributed by atoms with E-state index in [-0.39, 0.29) is 26.1 Å². The predicted molar refractivity (Wildman–Crippen MR) is 100 cm³/mol. The Morgan fingerprint density at radius 3 is 1.27 bits per heavy atom. The molecular weight excluding hydrogens is 400 g/mol. The maximum atomic E-state index is 11.4. The molecule has 162 valence electrons. The van der Waals surface area contributed by atoms with Crippen molar-refractivity contribution in [1.82, 2.24) is 0 Å². The molecule has 4 N–H and O–H groups in total. The van der Waals surface area contributed by atoms with E-state index in [1.165, 1.54) is 12.2 Å². The van der Waals surface area contributed by atoms with Crippen molar-refractivity contribution in [1.29, 1.82) is 0 Å². The van der Waals surface area contributed by atoms with E-state index in [2.05, 4.69) is 0 Å². The number of ether oxygens (including phenoxy) is 2. The van der Waals surface area contributed by atoms with Gasteiger partial charge in [-0.15, -0.1) is 0 Å². The summed E-state index contributed by atoms with van der Waals surface area (Å²) in [5.41, 5.74) is -3.13. The van der Waals surface area contributed by atoms with Crippen LogP contribution in [0.15, 0.2) is 47.0 Å². The summed E-state index contributed by atoms with van der Waals surface area (Å²) in [4.78, 5) is 45.5. The van der Waals surface area contributed by atoms with Crippen molar-refractivity contribution in [3.8, 4) is 0 Å². The van der Waals surface area contributed by atoms with Crippen LogP contribution in [0.2, 0.25) is 0 Å². The standard InChI is InChI=1S/C20H22O10/c1-11-9-19(15(21)22,16(23)24)5-3-13(11)29-7-8-30-14-4-6-20(17(25)26,18(27)28)10-12(14)2/h3-6H,7-10H2,1-2H3,(H,21,22)(H,23,24)(H,25,26)(H,27,28). The molecule has 0 heterocycles. The molecule has 0 aromatic carbocycles. The minimum Gasteiger partial charge on any atom is -0.490 e. The normalized spacial score (nSPS) is 19.4. The van der Waals surface area contributed by atoms with E-state index >= 15 is 0 Å². The molecule has 0 aromatic rings. The van der Waals surface area contributed by atoms with Gasteiger partial charge < -0.3 is 29.9 Å². The third kappa shape index (κ3) is 4.07. The Hall–Kier alpha value is -3.56. The lowest BCUT2D eigenvalue weighted by Crippen LogP contribution is -2.39. The average Bonchev–Trinajstić information content (AvgIpc) is 2.66. The van der Waals surface area contributed by atoms with Crippen molar-refractivity contribution in [2.75, 3.05) is 13.2 Å². The van der Waals surface area contributed by atoms with Crippen LogP contribution in [0.5, 0.6) is 0 Å². The topological polar surface area (TPSA) is 168 Å². The molecule has 0 aliphatic heterocycles. The molecule has 10 heteroatoms. The lowest BCUT2D eigenvalue weighted by molar-refractivity contribution is -0.162. The van der Waals surface area contributed by atoms with Gasteiger partial charge in [-0.05, 0) is 37.1 Å². The van der Waals surface area contributed by atoms with Gasteiger partial charge in [-0.1, -0.05) is 12.2 Å². The van der Waals surface area contributed by atoms with Crippen LogP contribution in [0.4, 0.5) is 0 Å². The Morgan fingerprint density at radius 2 is 1.03 bits per heavy atom. The van der Waals surface area contributed by atoms with E-state index < -0.39 is 34.7 Å². The fourth-order valence-corrected chi connectivity index (χ4v) is 3.27.